The van der Waals surface area contributed by atoms with Gasteiger partial charge in [0.2, 0.25) is 12.1 Å². The van der Waals surface area contributed by atoms with Gasteiger partial charge < -0.3 is 19.0 Å². The fraction of sp³-hybridized carbons (Fsp3) is 0.833. The molecule has 0 aromatic heterocycles. The molecule has 0 aromatic carbocycles. The third kappa shape index (κ3) is 11.3. The number of carbonyl (C=O) groups is 2. The monoisotopic (exact) mass is 456 g/mol. The van der Waals surface area contributed by atoms with Gasteiger partial charge in [0.05, 0.1) is 5.57 Å². The van der Waals surface area contributed by atoms with Crippen LogP contribution in [-0.2, 0) is 23.5 Å². The van der Waals surface area contributed by atoms with Crippen LogP contribution in [0.2, 0.25) is 13.1 Å². The van der Waals surface area contributed by atoms with Crippen molar-refractivity contribution in [2.75, 3.05) is 0 Å². The van der Waals surface area contributed by atoms with Crippen LogP contribution < -0.4 is 0 Å². The lowest BCUT2D eigenvalue weighted by atomic mass is 9.89. The minimum absolute atomic E-state index is 0.198. The van der Waals surface area contributed by atoms with Crippen LogP contribution in [0.15, 0.2) is 11.6 Å². The molecule has 0 aliphatic carbocycles. The zero-order valence-electron chi connectivity index (χ0n) is 20.5. The van der Waals surface area contributed by atoms with E-state index in [0.717, 1.165) is 19.3 Å². The number of hydrogen-bond donors (Lipinski definition) is 1. The summed E-state index contributed by atoms with van der Waals surface area (Å²) in [5.41, 5.74) is 0.636. The molecule has 1 rings (SSSR count). The maximum Gasteiger partial charge on any atom is 0.333 e. The third-order valence-electron chi connectivity index (χ3n) is 5.37. The molecule has 2 atom stereocenters. The van der Waals surface area contributed by atoms with Crippen LogP contribution in [0.5, 0.6) is 0 Å². The van der Waals surface area contributed by atoms with Crippen molar-refractivity contribution in [3.05, 3.63) is 11.6 Å². The SMILES string of the molecule is CC(=O)OC(CCCCCCCCCCCC(C)(C)C)(O[SiH](C)C)C1=CC(=O)OC1O. The van der Waals surface area contributed by atoms with E-state index in [4.69, 9.17) is 13.9 Å². The summed E-state index contributed by atoms with van der Waals surface area (Å²) in [5, 5.41) is 10.2. The molecule has 6 nitrogen and oxygen atoms in total. The summed E-state index contributed by atoms with van der Waals surface area (Å²) >= 11 is 0. The van der Waals surface area contributed by atoms with Crippen LogP contribution in [0.25, 0.3) is 0 Å². The Bertz CT molecular complexity index is 595. The normalized spacial score (nSPS) is 18.6. The van der Waals surface area contributed by atoms with Crippen LogP contribution >= 0.6 is 0 Å². The largest absolute Gasteiger partial charge is 0.430 e. The third-order valence-corrected chi connectivity index (χ3v) is 6.23. The van der Waals surface area contributed by atoms with E-state index in [1.54, 1.807) is 0 Å². The minimum atomic E-state index is -1.65. The molecule has 1 heterocycles. The highest BCUT2D eigenvalue weighted by Gasteiger charge is 2.46. The van der Waals surface area contributed by atoms with Crippen LogP contribution in [0, 0.1) is 5.41 Å². The summed E-state index contributed by atoms with van der Waals surface area (Å²) in [6, 6.07) is 0. The van der Waals surface area contributed by atoms with E-state index in [0.29, 0.717) is 11.8 Å². The maximum atomic E-state index is 11.8. The van der Waals surface area contributed by atoms with Gasteiger partial charge in [-0.2, -0.15) is 0 Å². The molecule has 31 heavy (non-hydrogen) atoms. The number of aliphatic hydroxyl groups excluding tert-OH is 1. The summed E-state index contributed by atoms with van der Waals surface area (Å²) in [6.07, 6.45) is 12.0. The van der Waals surface area contributed by atoms with Crippen molar-refractivity contribution in [2.24, 2.45) is 5.41 Å². The minimum Gasteiger partial charge on any atom is -0.430 e. The molecule has 0 saturated carbocycles. The summed E-state index contributed by atoms with van der Waals surface area (Å²) in [5.74, 6) is -2.56. The highest BCUT2D eigenvalue weighted by atomic mass is 28.3. The zero-order chi connectivity index (χ0) is 23.5. The Balaban J connectivity index is 2.44. The number of cyclic esters (lactones) is 1. The first-order chi connectivity index (χ1) is 14.4. The number of rotatable bonds is 15. The highest BCUT2D eigenvalue weighted by molar-refractivity contribution is 6.48. The van der Waals surface area contributed by atoms with Crippen molar-refractivity contribution in [1.29, 1.82) is 0 Å². The molecule has 0 bridgehead atoms. The molecule has 0 aromatic rings. The second-order valence-electron chi connectivity index (χ2n) is 10.1. The molecule has 7 heteroatoms. The summed E-state index contributed by atoms with van der Waals surface area (Å²) < 4.78 is 16.5. The van der Waals surface area contributed by atoms with Crippen molar-refractivity contribution >= 4 is 21.0 Å². The van der Waals surface area contributed by atoms with Crippen LogP contribution in [0.4, 0.5) is 0 Å². The van der Waals surface area contributed by atoms with Crippen LogP contribution in [0.1, 0.15) is 98.3 Å². The quantitative estimate of drug-likeness (QED) is 0.154. The molecular formula is C24H44O6Si. The lowest BCUT2D eigenvalue weighted by molar-refractivity contribution is -0.196. The molecule has 2 unspecified atom stereocenters. The average Bonchev–Trinajstić information content (AvgIpc) is 2.96. The molecule has 0 fully saturated rings. The van der Waals surface area contributed by atoms with Crippen molar-refractivity contribution in [3.63, 3.8) is 0 Å². The molecular weight excluding hydrogens is 412 g/mol. The molecule has 1 aliphatic rings. The van der Waals surface area contributed by atoms with E-state index in [1.807, 2.05) is 13.1 Å². The predicted octanol–water partition coefficient (Wildman–Crippen LogP) is 5.38. The zero-order valence-corrected chi connectivity index (χ0v) is 21.7. The lowest BCUT2D eigenvalue weighted by Gasteiger charge is -2.36. The standard InChI is InChI=1S/C24H44O6Si/c1-19(25)29-24(30-31(5)6,20-18-21(26)28-22(20)27)17-15-13-11-9-7-8-10-12-14-16-23(2,3)4/h18,22,27,31H,7-17H2,1-6H3. The van der Waals surface area contributed by atoms with Crippen molar-refractivity contribution in [2.45, 2.75) is 123 Å². The van der Waals surface area contributed by atoms with Gasteiger partial charge in [0.25, 0.3) is 0 Å². The Kier molecular flexibility index (Phi) is 12.0. The second-order valence-corrected chi connectivity index (χ2v) is 12.5. The van der Waals surface area contributed by atoms with E-state index in [9.17, 15) is 14.7 Å². The first-order valence-corrected chi connectivity index (χ1v) is 14.7. The Hall–Kier alpha value is -1.18. The number of ether oxygens (including phenoxy) is 2. The van der Waals surface area contributed by atoms with Gasteiger partial charge in [-0.15, -0.1) is 0 Å². The van der Waals surface area contributed by atoms with E-state index in [-0.39, 0.29) is 5.57 Å². The molecule has 0 saturated heterocycles. The summed E-state index contributed by atoms with van der Waals surface area (Å²) in [7, 11) is -1.65. The molecule has 0 amide bonds. The fourth-order valence-electron chi connectivity index (χ4n) is 3.97. The van der Waals surface area contributed by atoms with Crippen LogP contribution in [-0.4, -0.2) is 38.2 Å². The smallest absolute Gasteiger partial charge is 0.333 e. The Morgan fingerprint density at radius 1 is 1.00 bits per heavy atom. The van der Waals surface area contributed by atoms with Gasteiger partial charge in [0.15, 0.2) is 9.04 Å². The van der Waals surface area contributed by atoms with E-state index in [2.05, 4.69) is 20.8 Å². The van der Waals surface area contributed by atoms with E-state index >= 15 is 0 Å². The van der Waals surface area contributed by atoms with Gasteiger partial charge in [-0.25, -0.2) is 4.79 Å². The maximum absolute atomic E-state index is 11.8. The Morgan fingerprint density at radius 3 is 1.87 bits per heavy atom. The highest BCUT2D eigenvalue weighted by Crippen LogP contribution is 2.36. The van der Waals surface area contributed by atoms with Gasteiger partial charge in [0.1, 0.15) is 0 Å². The summed E-state index contributed by atoms with van der Waals surface area (Å²) in [6.45, 7) is 12.1. The number of esters is 2. The molecule has 0 spiro atoms. The number of aliphatic hydroxyl groups is 1. The van der Waals surface area contributed by atoms with Gasteiger partial charge in [-0.05, 0) is 31.4 Å². The Labute approximate surface area is 190 Å². The van der Waals surface area contributed by atoms with Gasteiger partial charge in [-0.3, -0.25) is 4.79 Å². The van der Waals surface area contributed by atoms with Crippen molar-refractivity contribution < 1.29 is 28.6 Å². The van der Waals surface area contributed by atoms with Gasteiger partial charge in [0, 0.05) is 19.4 Å². The van der Waals surface area contributed by atoms with E-state index in [1.165, 1.54) is 57.9 Å². The predicted molar refractivity (Wildman–Crippen MR) is 125 cm³/mol. The number of unbranched alkanes of at least 4 members (excludes halogenated alkanes) is 8. The lowest BCUT2D eigenvalue weighted by Crippen LogP contribution is -2.45. The summed E-state index contributed by atoms with van der Waals surface area (Å²) in [4.78, 5) is 23.4. The van der Waals surface area contributed by atoms with Gasteiger partial charge >= 0.3 is 11.9 Å². The van der Waals surface area contributed by atoms with Crippen molar-refractivity contribution in [1.82, 2.24) is 0 Å². The van der Waals surface area contributed by atoms with Crippen LogP contribution in [0.3, 0.4) is 0 Å². The second kappa shape index (κ2) is 13.4. The topological polar surface area (TPSA) is 82.1 Å². The van der Waals surface area contributed by atoms with E-state index < -0.39 is 33.1 Å². The fourth-order valence-corrected chi connectivity index (χ4v) is 5.04. The molecule has 1 aliphatic heterocycles. The molecule has 180 valence electrons. The first-order valence-electron chi connectivity index (χ1n) is 11.9. The molecule has 0 radical (unpaired) electrons. The number of hydrogen-bond acceptors (Lipinski definition) is 6. The number of carbonyl (C=O) groups excluding carboxylic acids is 2. The van der Waals surface area contributed by atoms with Crippen molar-refractivity contribution in [3.8, 4) is 0 Å². The first kappa shape index (κ1) is 27.9. The molecule has 1 N–H and O–H groups in total. The van der Waals surface area contributed by atoms with Gasteiger partial charge in [-0.1, -0.05) is 72.1 Å². The average molecular weight is 457 g/mol. The Morgan fingerprint density at radius 2 is 1.48 bits per heavy atom.